The van der Waals surface area contributed by atoms with Crippen molar-refractivity contribution in [1.82, 2.24) is 0 Å². The fourth-order valence-electron chi connectivity index (χ4n) is 1.43. The minimum absolute atomic E-state index is 0.343. The second-order valence-corrected chi connectivity index (χ2v) is 3.81. The summed E-state index contributed by atoms with van der Waals surface area (Å²) in [6.45, 7) is 2.13. The lowest BCUT2D eigenvalue weighted by molar-refractivity contribution is 0.0292. The fraction of sp³-hybridized carbons (Fsp3) is 0.462. The molecule has 1 aromatic carbocycles. The Bertz CT molecular complexity index is 311. The summed E-state index contributed by atoms with van der Waals surface area (Å²) in [5.74, 6) is -0.343. The predicted octanol–water partition coefficient (Wildman–Crippen LogP) is 2.71. The Hall–Kier alpha value is -1.35. The van der Waals surface area contributed by atoms with Crippen molar-refractivity contribution >= 4 is 5.97 Å². The van der Waals surface area contributed by atoms with Crippen LogP contribution >= 0.6 is 0 Å². The third kappa shape index (κ3) is 4.45. The van der Waals surface area contributed by atoms with E-state index in [0.29, 0.717) is 5.56 Å². The molecule has 0 radical (unpaired) electrons. The molecule has 3 heteroatoms. The zero-order valence-electron chi connectivity index (χ0n) is 9.69. The van der Waals surface area contributed by atoms with Crippen LogP contribution in [0.1, 0.15) is 43.0 Å². The highest BCUT2D eigenvalue weighted by Gasteiger charge is 2.10. The van der Waals surface area contributed by atoms with Gasteiger partial charge in [-0.25, -0.2) is 4.79 Å². The molecule has 16 heavy (non-hydrogen) atoms. The number of carbonyl (C=O) groups is 1. The van der Waals surface area contributed by atoms with Crippen LogP contribution in [0.5, 0.6) is 0 Å². The average Bonchev–Trinajstić information content (AvgIpc) is 2.30. The lowest BCUT2D eigenvalue weighted by Crippen LogP contribution is -2.27. The molecule has 0 fully saturated rings. The second kappa shape index (κ2) is 7.01. The normalized spacial score (nSPS) is 12.1. The summed E-state index contributed by atoms with van der Waals surface area (Å²) >= 11 is 0. The molecule has 0 aliphatic carbocycles. The average molecular weight is 221 g/mol. The number of unbranched alkanes of at least 4 members (excludes halogenated alkanes) is 2. The molecule has 0 saturated carbocycles. The first kappa shape index (κ1) is 12.7. The standard InChI is InChI=1S/C13H19NO2/c1-2-3-5-10-12(14)16-13(15)11-8-6-4-7-9-11/h4,6-9,12H,2-3,5,10,14H2,1H3. The van der Waals surface area contributed by atoms with E-state index in [1.807, 2.05) is 6.07 Å². The van der Waals surface area contributed by atoms with Crippen LogP contribution in [0.3, 0.4) is 0 Å². The molecule has 88 valence electrons. The minimum Gasteiger partial charge on any atom is -0.443 e. The van der Waals surface area contributed by atoms with Crippen LogP contribution in [0.2, 0.25) is 0 Å². The Morgan fingerprint density at radius 2 is 2.00 bits per heavy atom. The zero-order chi connectivity index (χ0) is 11.8. The van der Waals surface area contributed by atoms with Gasteiger partial charge in [0.05, 0.1) is 5.56 Å². The summed E-state index contributed by atoms with van der Waals surface area (Å²) < 4.78 is 5.12. The summed E-state index contributed by atoms with van der Waals surface area (Å²) in [7, 11) is 0. The molecule has 1 unspecified atom stereocenters. The molecule has 0 aliphatic rings. The van der Waals surface area contributed by atoms with Gasteiger partial charge in [0.15, 0.2) is 6.23 Å². The number of rotatable bonds is 6. The molecule has 3 nitrogen and oxygen atoms in total. The number of nitrogens with two attached hydrogens (primary N) is 1. The monoisotopic (exact) mass is 221 g/mol. The Labute approximate surface area is 96.6 Å². The molecule has 2 N–H and O–H groups in total. The Balaban J connectivity index is 2.34. The number of hydrogen-bond acceptors (Lipinski definition) is 3. The number of ether oxygens (including phenoxy) is 1. The first-order chi connectivity index (χ1) is 7.74. The summed E-state index contributed by atoms with van der Waals surface area (Å²) in [4.78, 5) is 11.6. The highest BCUT2D eigenvalue weighted by molar-refractivity contribution is 5.89. The minimum atomic E-state index is -0.487. The Morgan fingerprint density at radius 3 is 2.62 bits per heavy atom. The van der Waals surface area contributed by atoms with Crippen molar-refractivity contribution in [2.45, 2.75) is 38.8 Å². The van der Waals surface area contributed by atoms with E-state index in [4.69, 9.17) is 10.5 Å². The van der Waals surface area contributed by atoms with Crippen molar-refractivity contribution in [2.75, 3.05) is 0 Å². The van der Waals surface area contributed by atoms with Gasteiger partial charge in [0.2, 0.25) is 0 Å². The van der Waals surface area contributed by atoms with Crippen molar-refractivity contribution in [2.24, 2.45) is 5.73 Å². The lowest BCUT2D eigenvalue weighted by atomic mass is 10.2. The maximum absolute atomic E-state index is 11.6. The summed E-state index contributed by atoms with van der Waals surface area (Å²) in [6, 6.07) is 8.92. The number of esters is 1. The van der Waals surface area contributed by atoms with Crippen LogP contribution in [0.25, 0.3) is 0 Å². The first-order valence-corrected chi connectivity index (χ1v) is 5.75. The first-order valence-electron chi connectivity index (χ1n) is 5.75. The molecule has 0 aromatic heterocycles. The van der Waals surface area contributed by atoms with Gasteiger partial charge in [-0.3, -0.25) is 5.73 Å². The van der Waals surface area contributed by atoms with Gasteiger partial charge in [0.25, 0.3) is 0 Å². The van der Waals surface area contributed by atoms with Crippen LogP contribution in [0.4, 0.5) is 0 Å². The predicted molar refractivity (Wildman–Crippen MR) is 64.0 cm³/mol. The van der Waals surface area contributed by atoms with E-state index >= 15 is 0 Å². The molecular weight excluding hydrogens is 202 g/mol. The van der Waals surface area contributed by atoms with Crippen molar-refractivity contribution in [1.29, 1.82) is 0 Å². The third-order valence-corrected chi connectivity index (χ3v) is 2.36. The number of hydrogen-bond donors (Lipinski definition) is 1. The topological polar surface area (TPSA) is 52.3 Å². The second-order valence-electron chi connectivity index (χ2n) is 3.81. The largest absolute Gasteiger partial charge is 0.443 e. The van der Waals surface area contributed by atoms with Crippen LogP contribution in [-0.4, -0.2) is 12.2 Å². The Morgan fingerprint density at radius 1 is 1.31 bits per heavy atom. The molecule has 1 rings (SSSR count). The molecule has 1 aromatic rings. The van der Waals surface area contributed by atoms with E-state index in [-0.39, 0.29) is 5.97 Å². The SMILES string of the molecule is CCCCCC(N)OC(=O)c1ccccc1. The van der Waals surface area contributed by atoms with Crippen LogP contribution < -0.4 is 5.73 Å². The van der Waals surface area contributed by atoms with Gasteiger partial charge < -0.3 is 4.74 Å². The fourth-order valence-corrected chi connectivity index (χ4v) is 1.43. The van der Waals surface area contributed by atoms with E-state index in [0.717, 1.165) is 25.7 Å². The van der Waals surface area contributed by atoms with Gasteiger partial charge in [-0.2, -0.15) is 0 Å². The van der Waals surface area contributed by atoms with Gasteiger partial charge in [0.1, 0.15) is 0 Å². The van der Waals surface area contributed by atoms with Gasteiger partial charge in [-0.1, -0.05) is 38.0 Å². The number of benzene rings is 1. The quantitative estimate of drug-likeness (QED) is 0.456. The van der Waals surface area contributed by atoms with E-state index in [2.05, 4.69) is 6.92 Å². The van der Waals surface area contributed by atoms with Gasteiger partial charge in [-0.05, 0) is 25.0 Å². The zero-order valence-corrected chi connectivity index (χ0v) is 9.69. The summed E-state index contributed by atoms with van der Waals surface area (Å²) in [5, 5.41) is 0. The molecule has 0 spiro atoms. The van der Waals surface area contributed by atoms with Crippen LogP contribution in [0.15, 0.2) is 30.3 Å². The van der Waals surface area contributed by atoms with Crippen LogP contribution in [-0.2, 0) is 4.74 Å². The lowest BCUT2D eigenvalue weighted by Gasteiger charge is -2.12. The molecule has 0 aliphatic heterocycles. The highest BCUT2D eigenvalue weighted by atomic mass is 16.6. The van der Waals surface area contributed by atoms with E-state index in [9.17, 15) is 4.79 Å². The van der Waals surface area contributed by atoms with Gasteiger partial charge >= 0.3 is 5.97 Å². The third-order valence-electron chi connectivity index (χ3n) is 2.36. The van der Waals surface area contributed by atoms with E-state index in [1.54, 1.807) is 24.3 Å². The summed E-state index contributed by atoms with van der Waals surface area (Å²) in [5.41, 5.74) is 6.26. The van der Waals surface area contributed by atoms with Crippen molar-refractivity contribution in [3.05, 3.63) is 35.9 Å². The molecule has 0 saturated heterocycles. The van der Waals surface area contributed by atoms with Gasteiger partial charge in [-0.15, -0.1) is 0 Å². The van der Waals surface area contributed by atoms with Crippen molar-refractivity contribution < 1.29 is 9.53 Å². The molecular formula is C13H19NO2. The molecule has 0 bridgehead atoms. The Kier molecular flexibility index (Phi) is 5.57. The highest BCUT2D eigenvalue weighted by Crippen LogP contribution is 2.06. The molecule has 0 heterocycles. The van der Waals surface area contributed by atoms with Crippen LogP contribution in [0, 0.1) is 0 Å². The molecule has 0 amide bonds. The van der Waals surface area contributed by atoms with Crippen molar-refractivity contribution in [3.8, 4) is 0 Å². The number of carbonyl (C=O) groups excluding carboxylic acids is 1. The maximum Gasteiger partial charge on any atom is 0.339 e. The van der Waals surface area contributed by atoms with E-state index in [1.165, 1.54) is 0 Å². The smallest absolute Gasteiger partial charge is 0.339 e. The van der Waals surface area contributed by atoms with Crippen molar-refractivity contribution in [3.63, 3.8) is 0 Å². The van der Waals surface area contributed by atoms with Gasteiger partial charge in [0, 0.05) is 0 Å². The van der Waals surface area contributed by atoms with E-state index < -0.39 is 6.23 Å². The maximum atomic E-state index is 11.6. The molecule has 1 atom stereocenters. The summed E-state index contributed by atoms with van der Waals surface area (Å²) in [6.07, 6.45) is 3.50.